The molecule has 0 spiro atoms. The normalized spacial score (nSPS) is 10.6. The van der Waals surface area contributed by atoms with E-state index < -0.39 is 4.92 Å². The number of ether oxygens (including phenoxy) is 1. The third-order valence-electron chi connectivity index (χ3n) is 4.84. The number of aryl methyl sites for hydroxylation is 1. The topological polar surface area (TPSA) is 90.5 Å². The summed E-state index contributed by atoms with van der Waals surface area (Å²) in [5.41, 5.74) is 2.42. The molecule has 0 aliphatic rings. The van der Waals surface area contributed by atoms with E-state index in [0.717, 1.165) is 11.3 Å². The van der Waals surface area contributed by atoms with Crippen molar-refractivity contribution in [3.63, 3.8) is 0 Å². The van der Waals surface area contributed by atoms with Gasteiger partial charge in [0, 0.05) is 12.6 Å². The van der Waals surface area contributed by atoms with Gasteiger partial charge in [0.15, 0.2) is 0 Å². The minimum atomic E-state index is -0.409. The summed E-state index contributed by atoms with van der Waals surface area (Å²) in [5.74, 6) is 0.673. The molecule has 0 atom stereocenters. The van der Waals surface area contributed by atoms with Gasteiger partial charge in [-0.2, -0.15) is 5.10 Å². The average Bonchev–Trinajstić information content (AvgIpc) is 3.01. The van der Waals surface area contributed by atoms with Gasteiger partial charge in [-0.25, -0.2) is 0 Å². The number of para-hydroxylation sites is 1. The van der Waals surface area contributed by atoms with Gasteiger partial charge >= 0.3 is 5.69 Å². The summed E-state index contributed by atoms with van der Waals surface area (Å²) in [7, 11) is 1.74. The van der Waals surface area contributed by atoms with E-state index in [1.54, 1.807) is 42.6 Å². The van der Waals surface area contributed by atoms with Crippen molar-refractivity contribution < 1.29 is 14.5 Å². The molecule has 2 aromatic carbocycles. The van der Waals surface area contributed by atoms with Gasteiger partial charge in [-0.15, -0.1) is 0 Å². The first-order chi connectivity index (χ1) is 14.4. The molecule has 1 aromatic heterocycles. The molecular weight excluding hydrogens is 384 g/mol. The molecular formula is C22H24N4O4. The van der Waals surface area contributed by atoms with E-state index in [1.165, 1.54) is 0 Å². The number of carbonyl (C=O) groups is 1. The lowest BCUT2D eigenvalue weighted by molar-refractivity contribution is -0.386. The van der Waals surface area contributed by atoms with Crippen molar-refractivity contribution in [3.8, 4) is 5.75 Å². The Morgan fingerprint density at radius 3 is 2.40 bits per heavy atom. The summed E-state index contributed by atoms with van der Waals surface area (Å²) < 4.78 is 7.24. The predicted molar refractivity (Wildman–Crippen MR) is 113 cm³/mol. The maximum Gasteiger partial charge on any atom is 0.312 e. The van der Waals surface area contributed by atoms with Crippen LogP contribution in [0.3, 0.4) is 0 Å². The van der Waals surface area contributed by atoms with Crippen LogP contribution in [0.5, 0.6) is 5.75 Å². The van der Waals surface area contributed by atoms with Gasteiger partial charge in [0.25, 0.3) is 5.91 Å². The van der Waals surface area contributed by atoms with Crippen LogP contribution in [0, 0.1) is 24.0 Å². The lowest BCUT2D eigenvalue weighted by atomic mass is 10.1. The van der Waals surface area contributed by atoms with Crippen LogP contribution in [0.25, 0.3) is 0 Å². The van der Waals surface area contributed by atoms with Crippen molar-refractivity contribution in [1.29, 1.82) is 0 Å². The van der Waals surface area contributed by atoms with Crippen LogP contribution in [-0.4, -0.2) is 45.7 Å². The highest BCUT2D eigenvalue weighted by molar-refractivity contribution is 5.94. The summed E-state index contributed by atoms with van der Waals surface area (Å²) in [5, 5.41) is 15.4. The van der Waals surface area contributed by atoms with Crippen molar-refractivity contribution in [2.75, 3.05) is 20.2 Å². The highest BCUT2D eigenvalue weighted by Gasteiger charge is 2.21. The molecule has 8 heteroatoms. The highest BCUT2D eigenvalue weighted by atomic mass is 16.6. The molecule has 0 aliphatic heterocycles. The van der Waals surface area contributed by atoms with Crippen molar-refractivity contribution in [3.05, 3.63) is 87.2 Å². The third kappa shape index (κ3) is 4.83. The van der Waals surface area contributed by atoms with Crippen LogP contribution in [0.1, 0.15) is 27.3 Å². The number of likely N-dealkylation sites (N-methyl/N-ethyl adjacent to an activating group) is 1. The van der Waals surface area contributed by atoms with E-state index in [9.17, 15) is 14.9 Å². The Labute approximate surface area is 174 Å². The minimum absolute atomic E-state index is 0.0427. The Hall–Kier alpha value is -3.68. The van der Waals surface area contributed by atoms with Crippen LogP contribution < -0.4 is 4.74 Å². The molecule has 0 saturated carbocycles. The highest BCUT2D eigenvalue weighted by Crippen LogP contribution is 2.22. The first kappa shape index (κ1) is 21.0. The Morgan fingerprint density at radius 1 is 1.13 bits per heavy atom. The van der Waals surface area contributed by atoms with Gasteiger partial charge in [-0.3, -0.25) is 19.6 Å². The SMILES string of the molecule is Cc1nn(Cc2ccc(C(=O)N(C)CCOc3ccccc3)cc2)c(C)c1[N+](=O)[O-]. The fraction of sp³-hybridized carbons (Fsp3) is 0.273. The molecule has 0 saturated heterocycles. The van der Waals surface area contributed by atoms with E-state index in [4.69, 9.17) is 4.74 Å². The van der Waals surface area contributed by atoms with Gasteiger partial charge in [0.05, 0.1) is 18.0 Å². The van der Waals surface area contributed by atoms with Gasteiger partial charge in [-0.05, 0) is 43.7 Å². The Balaban J connectivity index is 1.59. The molecule has 1 amide bonds. The van der Waals surface area contributed by atoms with Gasteiger partial charge < -0.3 is 9.64 Å². The summed E-state index contributed by atoms with van der Waals surface area (Å²) in [6.45, 7) is 4.57. The lowest BCUT2D eigenvalue weighted by Crippen LogP contribution is -2.30. The molecule has 30 heavy (non-hydrogen) atoms. The molecule has 3 rings (SSSR count). The summed E-state index contributed by atoms with van der Waals surface area (Å²) in [4.78, 5) is 25.0. The predicted octanol–water partition coefficient (Wildman–Crippen LogP) is 3.61. The fourth-order valence-corrected chi connectivity index (χ4v) is 3.17. The quantitative estimate of drug-likeness (QED) is 0.419. The van der Waals surface area contributed by atoms with E-state index in [0.29, 0.717) is 36.6 Å². The van der Waals surface area contributed by atoms with Crippen LogP contribution >= 0.6 is 0 Å². The molecule has 1 heterocycles. The molecule has 0 aliphatic carbocycles. The summed E-state index contributed by atoms with van der Waals surface area (Å²) >= 11 is 0. The van der Waals surface area contributed by atoms with Crippen LogP contribution in [0.2, 0.25) is 0 Å². The zero-order chi connectivity index (χ0) is 21.7. The first-order valence-electron chi connectivity index (χ1n) is 9.57. The van der Waals surface area contributed by atoms with E-state index >= 15 is 0 Å². The summed E-state index contributed by atoms with van der Waals surface area (Å²) in [6, 6.07) is 16.6. The summed E-state index contributed by atoms with van der Waals surface area (Å²) in [6.07, 6.45) is 0. The number of carbonyl (C=O) groups excluding carboxylic acids is 1. The number of nitrogens with zero attached hydrogens (tertiary/aromatic N) is 4. The first-order valence-corrected chi connectivity index (χ1v) is 9.57. The maximum absolute atomic E-state index is 12.6. The van der Waals surface area contributed by atoms with E-state index in [1.807, 2.05) is 42.5 Å². The zero-order valence-corrected chi connectivity index (χ0v) is 17.2. The number of rotatable bonds is 8. The van der Waals surface area contributed by atoms with Crippen LogP contribution in [-0.2, 0) is 6.54 Å². The second-order valence-electron chi connectivity index (χ2n) is 7.02. The van der Waals surface area contributed by atoms with Crippen molar-refractivity contribution >= 4 is 11.6 Å². The monoisotopic (exact) mass is 408 g/mol. The zero-order valence-electron chi connectivity index (χ0n) is 17.2. The van der Waals surface area contributed by atoms with E-state index in [-0.39, 0.29) is 11.6 Å². The molecule has 0 radical (unpaired) electrons. The smallest absolute Gasteiger partial charge is 0.312 e. The molecule has 8 nitrogen and oxygen atoms in total. The number of amides is 1. The molecule has 0 fully saturated rings. The fourth-order valence-electron chi connectivity index (χ4n) is 3.17. The standard InChI is InChI=1S/C22H24N4O4/c1-16-21(26(28)29)17(2)25(23-16)15-18-9-11-19(12-10-18)22(27)24(3)13-14-30-20-7-5-4-6-8-20/h4-12H,13-15H2,1-3H3. The minimum Gasteiger partial charge on any atom is -0.492 e. The van der Waals surface area contributed by atoms with Crippen LogP contribution in [0.15, 0.2) is 54.6 Å². The molecule has 3 aromatic rings. The van der Waals surface area contributed by atoms with Gasteiger partial charge in [0.1, 0.15) is 23.7 Å². The lowest BCUT2D eigenvalue weighted by Gasteiger charge is -2.18. The molecule has 0 unspecified atom stereocenters. The van der Waals surface area contributed by atoms with Gasteiger partial charge in [0.2, 0.25) is 0 Å². The van der Waals surface area contributed by atoms with Crippen LogP contribution in [0.4, 0.5) is 5.69 Å². The Bertz CT molecular complexity index is 1030. The molecule has 156 valence electrons. The largest absolute Gasteiger partial charge is 0.492 e. The maximum atomic E-state index is 12.6. The van der Waals surface area contributed by atoms with Gasteiger partial charge in [-0.1, -0.05) is 30.3 Å². The second kappa shape index (κ2) is 9.21. The molecule has 0 bridgehead atoms. The number of nitro groups is 1. The Morgan fingerprint density at radius 2 is 1.80 bits per heavy atom. The number of hydrogen-bond acceptors (Lipinski definition) is 5. The number of hydrogen-bond donors (Lipinski definition) is 0. The number of benzene rings is 2. The van der Waals surface area contributed by atoms with Crippen molar-refractivity contribution in [2.24, 2.45) is 0 Å². The van der Waals surface area contributed by atoms with E-state index in [2.05, 4.69) is 5.10 Å². The Kier molecular flexibility index (Phi) is 6.46. The van der Waals surface area contributed by atoms with Crippen molar-refractivity contribution in [2.45, 2.75) is 20.4 Å². The average molecular weight is 408 g/mol. The number of aromatic nitrogens is 2. The van der Waals surface area contributed by atoms with Crippen molar-refractivity contribution in [1.82, 2.24) is 14.7 Å². The molecule has 0 N–H and O–H groups in total. The second-order valence-corrected chi connectivity index (χ2v) is 7.02. The third-order valence-corrected chi connectivity index (χ3v) is 4.84.